The van der Waals surface area contributed by atoms with Gasteiger partial charge in [-0.15, -0.1) is 0 Å². The molecule has 21 heavy (non-hydrogen) atoms. The van der Waals surface area contributed by atoms with E-state index in [1.165, 1.54) is 0 Å². The summed E-state index contributed by atoms with van der Waals surface area (Å²) < 4.78 is 7.50. The Kier molecular flexibility index (Phi) is 4.39. The van der Waals surface area contributed by atoms with Crippen molar-refractivity contribution in [3.63, 3.8) is 0 Å². The van der Waals surface area contributed by atoms with Crippen LogP contribution < -0.4 is 0 Å². The average molecular weight is 501 g/mol. The number of esters is 1. The van der Waals surface area contributed by atoms with Gasteiger partial charge in [0.15, 0.2) is 5.70 Å². The summed E-state index contributed by atoms with van der Waals surface area (Å²) >= 11 is 4.46. The molecule has 104 valence electrons. The Morgan fingerprint density at radius 2 is 1.48 bits per heavy atom. The molecule has 0 radical (unpaired) electrons. The van der Waals surface area contributed by atoms with Gasteiger partial charge < -0.3 is 4.74 Å². The maximum absolute atomic E-state index is 11.9. The first-order valence-corrected chi connectivity index (χ1v) is 8.32. The first-order chi connectivity index (χ1) is 10.1. The van der Waals surface area contributed by atoms with Crippen LogP contribution in [0, 0.1) is 7.14 Å². The highest BCUT2D eigenvalue weighted by Crippen LogP contribution is 2.20. The predicted octanol–water partition coefficient (Wildman–Crippen LogP) is 4.24. The van der Waals surface area contributed by atoms with Crippen molar-refractivity contribution in [2.75, 3.05) is 0 Å². The van der Waals surface area contributed by atoms with Gasteiger partial charge in [0.05, 0.1) is 0 Å². The van der Waals surface area contributed by atoms with Crippen molar-refractivity contribution in [3.05, 3.63) is 72.5 Å². The molecule has 1 heterocycles. The molecule has 0 saturated heterocycles. The number of nitrogens with zero attached hydrogens (tertiary/aromatic N) is 1. The van der Waals surface area contributed by atoms with E-state index in [2.05, 4.69) is 50.2 Å². The molecule has 0 atom stereocenters. The van der Waals surface area contributed by atoms with Gasteiger partial charge in [0.2, 0.25) is 5.90 Å². The second-order valence-electron chi connectivity index (χ2n) is 4.39. The third-order valence-corrected chi connectivity index (χ3v) is 4.32. The SMILES string of the molecule is O=C1OC(c2ccc(I)cc2)=N/C1=C\c1ccc(I)cc1. The van der Waals surface area contributed by atoms with E-state index in [1.807, 2.05) is 48.5 Å². The summed E-state index contributed by atoms with van der Waals surface area (Å²) in [6.45, 7) is 0. The van der Waals surface area contributed by atoms with E-state index in [9.17, 15) is 4.79 Å². The van der Waals surface area contributed by atoms with Crippen LogP contribution in [0.2, 0.25) is 0 Å². The second kappa shape index (κ2) is 6.27. The smallest absolute Gasteiger partial charge is 0.363 e. The van der Waals surface area contributed by atoms with Crippen LogP contribution in [-0.4, -0.2) is 11.9 Å². The van der Waals surface area contributed by atoms with E-state index in [4.69, 9.17) is 4.74 Å². The summed E-state index contributed by atoms with van der Waals surface area (Å²) in [5, 5.41) is 0. The fourth-order valence-electron chi connectivity index (χ4n) is 1.84. The van der Waals surface area contributed by atoms with Gasteiger partial charge in [-0.1, -0.05) is 12.1 Å². The van der Waals surface area contributed by atoms with Crippen LogP contribution in [0.25, 0.3) is 6.08 Å². The minimum absolute atomic E-state index is 0.324. The molecule has 0 fully saturated rings. The van der Waals surface area contributed by atoms with Crippen LogP contribution >= 0.6 is 45.2 Å². The average Bonchev–Trinajstić information content (AvgIpc) is 2.83. The number of benzene rings is 2. The molecule has 1 aliphatic rings. The first kappa shape index (κ1) is 14.7. The fourth-order valence-corrected chi connectivity index (χ4v) is 2.56. The molecule has 0 aliphatic carbocycles. The van der Waals surface area contributed by atoms with Crippen molar-refractivity contribution >= 4 is 63.1 Å². The highest BCUT2D eigenvalue weighted by molar-refractivity contribution is 14.1. The van der Waals surface area contributed by atoms with Crippen LogP contribution in [0.5, 0.6) is 0 Å². The number of carbonyl (C=O) groups is 1. The molecule has 3 nitrogen and oxygen atoms in total. The van der Waals surface area contributed by atoms with Crippen LogP contribution in [0.3, 0.4) is 0 Å². The summed E-state index contributed by atoms with van der Waals surface area (Å²) in [4.78, 5) is 16.2. The molecule has 0 saturated carbocycles. The van der Waals surface area contributed by atoms with E-state index in [0.29, 0.717) is 11.6 Å². The summed E-state index contributed by atoms with van der Waals surface area (Å²) in [6, 6.07) is 15.5. The Morgan fingerprint density at radius 3 is 2.10 bits per heavy atom. The number of aliphatic imine (C=N–C) groups is 1. The van der Waals surface area contributed by atoms with Crippen LogP contribution in [-0.2, 0) is 9.53 Å². The molecule has 1 aliphatic heterocycles. The lowest BCUT2D eigenvalue weighted by Gasteiger charge is -1.98. The largest absolute Gasteiger partial charge is 0.402 e. The van der Waals surface area contributed by atoms with Crippen molar-refractivity contribution < 1.29 is 9.53 Å². The maximum atomic E-state index is 11.9. The summed E-state index contributed by atoms with van der Waals surface area (Å²) in [7, 11) is 0. The van der Waals surface area contributed by atoms with E-state index >= 15 is 0 Å². The number of rotatable bonds is 2. The van der Waals surface area contributed by atoms with Gasteiger partial charge >= 0.3 is 5.97 Å². The number of hydrogen-bond donors (Lipinski definition) is 0. The quantitative estimate of drug-likeness (QED) is 0.351. The van der Waals surface area contributed by atoms with Gasteiger partial charge in [-0.2, -0.15) is 0 Å². The zero-order valence-electron chi connectivity index (χ0n) is 10.7. The van der Waals surface area contributed by atoms with Crippen molar-refractivity contribution in [3.8, 4) is 0 Å². The molecule has 0 spiro atoms. The zero-order chi connectivity index (χ0) is 14.8. The number of hydrogen-bond acceptors (Lipinski definition) is 3. The molecule has 5 heteroatoms. The normalized spacial score (nSPS) is 16.0. The Bertz CT molecular complexity index is 747. The van der Waals surface area contributed by atoms with E-state index in [0.717, 1.165) is 18.3 Å². The van der Waals surface area contributed by atoms with Gasteiger partial charge in [-0.05, 0) is 93.2 Å². The monoisotopic (exact) mass is 501 g/mol. The minimum Gasteiger partial charge on any atom is -0.402 e. The highest BCUT2D eigenvalue weighted by Gasteiger charge is 2.23. The van der Waals surface area contributed by atoms with Crippen LogP contribution in [0.1, 0.15) is 11.1 Å². The van der Waals surface area contributed by atoms with Gasteiger partial charge in [0, 0.05) is 12.7 Å². The maximum Gasteiger partial charge on any atom is 0.363 e. The van der Waals surface area contributed by atoms with Crippen molar-refractivity contribution in [1.29, 1.82) is 0 Å². The minimum atomic E-state index is -0.415. The van der Waals surface area contributed by atoms with Gasteiger partial charge in [0.25, 0.3) is 0 Å². The first-order valence-electron chi connectivity index (χ1n) is 6.16. The predicted molar refractivity (Wildman–Crippen MR) is 98.9 cm³/mol. The Hall–Kier alpha value is -1.22. The lowest BCUT2D eigenvalue weighted by atomic mass is 10.2. The van der Waals surface area contributed by atoms with Gasteiger partial charge in [-0.3, -0.25) is 0 Å². The number of ether oxygens (including phenoxy) is 1. The lowest BCUT2D eigenvalue weighted by molar-refractivity contribution is -0.129. The Balaban J connectivity index is 1.91. The summed E-state index contributed by atoms with van der Waals surface area (Å²) in [5.41, 5.74) is 2.05. The Morgan fingerprint density at radius 1 is 0.905 bits per heavy atom. The standard InChI is InChI=1S/C16H9I2NO2/c17-12-5-1-10(2-6-12)9-14-16(20)21-15(19-14)11-3-7-13(18)8-4-11/h1-9H/b14-9-. The van der Waals surface area contributed by atoms with Crippen molar-refractivity contribution in [1.82, 2.24) is 0 Å². The molecule has 0 unspecified atom stereocenters. The molecule has 2 aromatic rings. The molecule has 2 aromatic carbocycles. The number of cyclic esters (lactones) is 1. The van der Waals surface area contributed by atoms with Crippen molar-refractivity contribution in [2.45, 2.75) is 0 Å². The van der Waals surface area contributed by atoms with Crippen LogP contribution in [0.15, 0.2) is 59.2 Å². The highest BCUT2D eigenvalue weighted by atomic mass is 127. The fraction of sp³-hybridized carbons (Fsp3) is 0. The molecule has 3 rings (SSSR count). The topological polar surface area (TPSA) is 38.7 Å². The Labute approximate surface area is 149 Å². The summed E-state index contributed by atoms with van der Waals surface area (Å²) in [5.74, 6) is -0.0599. The molecular formula is C16H9I2NO2. The number of carbonyl (C=O) groups excluding carboxylic acids is 1. The molecule has 0 aromatic heterocycles. The molecule has 0 bridgehead atoms. The third-order valence-electron chi connectivity index (χ3n) is 2.89. The van der Waals surface area contributed by atoms with Gasteiger partial charge in [-0.25, -0.2) is 9.79 Å². The lowest BCUT2D eigenvalue weighted by Crippen LogP contribution is -2.05. The van der Waals surface area contributed by atoms with E-state index < -0.39 is 5.97 Å². The van der Waals surface area contributed by atoms with Crippen LogP contribution in [0.4, 0.5) is 0 Å². The molecule has 0 N–H and O–H groups in total. The van der Waals surface area contributed by atoms with Gasteiger partial charge in [0.1, 0.15) is 0 Å². The summed E-state index contributed by atoms with van der Waals surface area (Å²) in [6.07, 6.45) is 1.73. The van der Waals surface area contributed by atoms with E-state index in [1.54, 1.807) is 6.08 Å². The third kappa shape index (κ3) is 3.52. The second-order valence-corrected chi connectivity index (χ2v) is 6.89. The number of halogens is 2. The molecule has 0 amide bonds. The van der Waals surface area contributed by atoms with Crippen molar-refractivity contribution in [2.24, 2.45) is 4.99 Å². The molecular weight excluding hydrogens is 492 g/mol. The zero-order valence-corrected chi connectivity index (χ0v) is 15.0. The van der Waals surface area contributed by atoms with E-state index in [-0.39, 0.29) is 0 Å².